The number of rotatable bonds is 6. The second kappa shape index (κ2) is 8.31. The highest BCUT2D eigenvalue weighted by atomic mass is 35.5. The molecule has 0 saturated carbocycles. The highest BCUT2D eigenvalue weighted by Crippen LogP contribution is 2.30. The number of hydrogen-bond acceptors (Lipinski definition) is 4. The molecular formula is C18H18ClNO3S. The summed E-state index contributed by atoms with van der Waals surface area (Å²) >= 11 is 7.70. The number of amides is 1. The van der Waals surface area contributed by atoms with Crippen LogP contribution in [0.3, 0.4) is 0 Å². The van der Waals surface area contributed by atoms with Crippen LogP contribution >= 0.6 is 23.4 Å². The maximum atomic E-state index is 12.1. The van der Waals surface area contributed by atoms with Crippen molar-refractivity contribution in [3.63, 3.8) is 0 Å². The summed E-state index contributed by atoms with van der Waals surface area (Å²) in [6, 6.07) is 15.2. The van der Waals surface area contributed by atoms with Crippen LogP contribution in [0.4, 0.5) is 0 Å². The van der Waals surface area contributed by atoms with Crippen LogP contribution in [-0.4, -0.2) is 30.9 Å². The van der Waals surface area contributed by atoms with Gasteiger partial charge in [-0.1, -0.05) is 35.9 Å². The molecule has 0 radical (unpaired) electrons. The zero-order valence-corrected chi connectivity index (χ0v) is 14.6. The highest BCUT2D eigenvalue weighted by Gasteiger charge is 2.26. The summed E-state index contributed by atoms with van der Waals surface area (Å²) in [5.74, 6) is 2.83. The molecule has 24 heavy (non-hydrogen) atoms. The number of hydrogen-bond donors (Lipinski definition) is 1. The minimum Gasteiger partial charge on any atom is -0.485 e. The average molecular weight is 364 g/mol. The van der Waals surface area contributed by atoms with Gasteiger partial charge < -0.3 is 14.8 Å². The lowest BCUT2D eigenvalue weighted by Crippen LogP contribution is -2.44. The molecule has 0 spiro atoms. The zero-order chi connectivity index (χ0) is 16.8. The van der Waals surface area contributed by atoms with E-state index in [9.17, 15) is 4.79 Å². The van der Waals surface area contributed by atoms with E-state index in [0.717, 1.165) is 16.5 Å². The molecule has 2 aromatic rings. The number of nitrogens with one attached hydrogen (secondary N) is 1. The van der Waals surface area contributed by atoms with Gasteiger partial charge in [0.2, 0.25) is 6.10 Å². The van der Waals surface area contributed by atoms with Crippen molar-refractivity contribution in [1.29, 1.82) is 0 Å². The van der Waals surface area contributed by atoms with Gasteiger partial charge in [0, 0.05) is 23.1 Å². The Morgan fingerprint density at radius 2 is 2.04 bits per heavy atom. The van der Waals surface area contributed by atoms with E-state index in [-0.39, 0.29) is 12.5 Å². The third-order valence-corrected chi connectivity index (χ3v) is 4.77. The number of fused-ring (bicyclic) bond motifs is 1. The van der Waals surface area contributed by atoms with Gasteiger partial charge in [0.1, 0.15) is 6.61 Å². The quantitative estimate of drug-likeness (QED) is 0.797. The first kappa shape index (κ1) is 17.0. The second-order valence-electron chi connectivity index (χ2n) is 5.34. The second-order valence-corrected chi connectivity index (χ2v) is 6.88. The molecule has 1 atom stereocenters. The normalized spacial score (nSPS) is 15.8. The molecule has 3 rings (SSSR count). The SMILES string of the molecule is O=C(NCCSCc1cccc(Cl)c1)[C@@H]1COc2ccccc2O1. The van der Waals surface area contributed by atoms with Crippen molar-refractivity contribution in [2.75, 3.05) is 18.9 Å². The van der Waals surface area contributed by atoms with E-state index in [4.69, 9.17) is 21.1 Å². The van der Waals surface area contributed by atoms with Gasteiger partial charge in [-0.25, -0.2) is 0 Å². The molecule has 0 bridgehead atoms. The number of benzene rings is 2. The molecule has 0 unspecified atom stereocenters. The Bertz CT molecular complexity index is 710. The molecule has 0 aromatic heterocycles. The fraction of sp³-hybridized carbons (Fsp3) is 0.278. The van der Waals surface area contributed by atoms with Crippen molar-refractivity contribution in [1.82, 2.24) is 5.32 Å². The van der Waals surface area contributed by atoms with Crippen LogP contribution in [0.15, 0.2) is 48.5 Å². The fourth-order valence-electron chi connectivity index (χ4n) is 2.33. The van der Waals surface area contributed by atoms with E-state index in [1.54, 1.807) is 17.8 Å². The fourth-order valence-corrected chi connectivity index (χ4v) is 3.34. The Morgan fingerprint density at radius 1 is 1.21 bits per heavy atom. The lowest BCUT2D eigenvalue weighted by molar-refractivity contribution is -0.130. The van der Waals surface area contributed by atoms with E-state index in [2.05, 4.69) is 5.32 Å². The number of para-hydroxylation sites is 2. The van der Waals surface area contributed by atoms with Crippen molar-refractivity contribution < 1.29 is 14.3 Å². The maximum absolute atomic E-state index is 12.1. The summed E-state index contributed by atoms with van der Waals surface area (Å²) in [6.45, 7) is 0.823. The van der Waals surface area contributed by atoms with Crippen molar-refractivity contribution in [3.8, 4) is 11.5 Å². The number of halogens is 1. The van der Waals surface area contributed by atoms with Crippen molar-refractivity contribution in [3.05, 3.63) is 59.1 Å². The van der Waals surface area contributed by atoms with Gasteiger partial charge in [-0.2, -0.15) is 11.8 Å². The van der Waals surface area contributed by atoms with E-state index >= 15 is 0 Å². The van der Waals surface area contributed by atoms with Crippen molar-refractivity contribution in [2.24, 2.45) is 0 Å². The summed E-state index contributed by atoms with van der Waals surface area (Å²) < 4.78 is 11.2. The highest BCUT2D eigenvalue weighted by molar-refractivity contribution is 7.98. The van der Waals surface area contributed by atoms with Gasteiger partial charge in [-0.15, -0.1) is 0 Å². The smallest absolute Gasteiger partial charge is 0.264 e. The molecule has 126 valence electrons. The molecular weight excluding hydrogens is 346 g/mol. The average Bonchev–Trinajstić information content (AvgIpc) is 2.61. The van der Waals surface area contributed by atoms with Crippen molar-refractivity contribution in [2.45, 2.75) is 11.9 Å². The molecule has 1 amide bonds. The largest absolute Gasteiger partial charge is 0.485 e. The van der Waals surface area contributed by atoms with Crippen molar-refractivity contribution >= 4 is 29.3 Å². The summed E-state index contributed by atoms with van der Waals surface area (Å²) in [6.07, 6.45) is -0.599. The van der Waals surface area contributed by atoms with Gasteiger partial charge >= 0.3 is 0 Å². The zero-order valence-electron chi connectivity index (χ0n) is 13.0. The molecule has 2 aromatic carbocycles. The maximum Gasteiger partial charge on any atom is 0.264 e. The van der Waals surface area contributed by atoms with Crippen LogP contribution in [0.5, 0.6) is 11.5 Å². The molecule has 6 heteroatoms. The first-order valence-corrected chi connectivity index (χ1v) is 9.24. The summed E-state index contributed by atoms with van der Waals surface area (Å²) in [5, 5.41) is 3.64. The summed E-state index contributed by atoms with van der Waals surface area (Å²) in [4.78, 5) is 12.1. The molecule has 1 aliphatic heterocycles. The number of ether oxygens (including phenoxy) is 2. The Hall–Kier alpha value is -1.85. The van der Waals surface area contributed by atoms with E-state index < -0.39 is 6.10 Å². The third-order valence-electron chi connectivity index (χ3n) is 3.50. The molecule has 0 aliphatic carbocycles. The van der Waals surface area contributed by atoms with Gasteiger partial charge in [-0.05, 0) is 29.8 Å². The first-order chi connectivity index (χ1) is 11.7. The number of thioether (sulfide) groups is 1. The number of carbonyl (C=O) groups is 1. The van der Waals surface area contributed by atoms with Gasteiger partial charge in [0.25, 0.3) is 5.91 Å². The predicted molar refractivity (Wildman–Crippen MR) is 97.0 cm³/mol. The standard InChI is InChI=1S/C18H18ClNO3S/c19-14-5-3-4-13(10-14)12-24-9-8-20-18(21)17-11-22-15-6-1-2-7-16(15)23-17/h1-7,10,17H,8-9,11-12H2,(H,20,21)/t17-/m0/s1. The molecule has 0 fully saturated rings. The Kier molecular flexibility index (Phi) is 5.88. The topological polar surface area (TPSA) is 47.6 Å². The van der Waals surface area contributed by atoms with Crippen LogP contribution < -0.4 is 14.8 Å². The van der Waals surface area contributed by atoms with Gasteiger partial charge in [0.05, 0.1) is 0 Å². The summed E-state index contributed by atoms with van der Waals surface area (Å²) in [5.41, 5.74) is 1.18. The van der Waals surface area contributed by atoms with E-state index in [1.807, 2.05) is 42.5 Å². The monoisotopic (exact) mass is 363 g/mol. The van der Waals surface area contributed by atoms with Crippen LogP contribution in [0.25, 0.3) is 0 Å². The molecule has 1 aliphatic rings. The Morgan fingerprint density at radius 3 is 2.88 bits per heavy atom. The Labute approximate surface area is 150 Å². The third kappa shape index (κ3) is 4.58. The van der Waals surface area contributed by atoms with Crippen LogP contribution in [0, 0.1) is 0 Å². The minimum atomic E-state index is -0.599. The predicted octanol–water partition coefficient (Wildman–Crippen LogP) is 3.53. The van der Waals surface area contributed by atoms with Crippen LogP contribution in [0.2, 0.25) is 5.02 Å². The lowest BCUT2D eigenvalue weighted by Gasteiger charge is -2.25. The van der Waals surface area contributed by atoms with E-state index in [1.165, 1.54) is 5.56 Å². The van der Waals surface area contributed by atoms with E-state index in [0.29, 0.717) is 18.0 Å². The minimum absolute atomic E-state index is 0.146. The molecule has 4 nitrogen and oxygen atoms in total. The summed E-state index contributed by atoms with van der Waals surface area (Å²) in [7, 11) is 0. The molecule has 0 saturated heterocycles. The number of carbonyl (C=O) groups excluding carboxylic acids is 1. The van der Waals surface area contributed by atoms with Gasteiger partial charge in [0.15, 0.2) is 11.5 Å². The lowest BCUT2D eigenvalue weighted by atomic mass is 10.2. The first-order valence-electron chi connectivity index (χ1n) is 7.71. The van der Waals surface area contributed by atoms with Crippen LogP contribution in [-0.2, 0) is 10.5 Å². The van der Waals surface area contributed by atoms with Crippen LogP contribution in [0.1, 0.15) is 5.56 Å². The Balaban J connectivity index is 1.37. The molecule has 1 N–H and O–H groups in total. The molecule has 1 heterocycles. The van der Waals surface area contributed by atoms with Gasteiger partial charge in [-0.3, -0.25) is 4.79 Å².